The van der Waals surface area contributed by atoms with Crippen LogP contribution in [0.5, 0.6) is 0 Å². The maximum atomic E-state index is 11.8. The van der Waals surface area contributed by atoms with E-state index in [2.05, 4.69) is 25.6 Å². The Morgan fingerprint density at radius 2 is 2.26 bits per heavy atom. The van der Waals surface area contributed by atoms with Gasteiger partial charge in [0.1, 0.15) is 0 Å². The number of carbonyl (C=O) groups is 1. The van der Waals surface area contributed by atoms with Gasteiger partial charge >= 0.3 is 0 Å². The minimum atomic E-state index is -0.532. The summed E-state index contributed by atoms with van der Waals surface area (Å²) in [5.74, 6) is -0.617. The largest absolute Gasteiger partial charge is 0.380 e. The summed E-state index contributed by atoms with van der Waals surface area (Å²) in [7, 11) is 0. The van der Waals surface area contributed by atoms with Crippen molar-refractivity contribution in [3.63, 3.8) is 0 Å². The molecule has 11 heteroatoms. The topological polar surface area (TPSA) is 149 Å². The van der Waals surface area contributed by atoms with Gasteiger partial charge in [0.15, 0.2) is 0 Å². The van der Waals surface area contributed by atoms with Crippen molar-refractivity contribution in [2.75, 3.05) is 17.6 Å². The van der Waals surface area contributed by atoms with E-state index in [1.54, 1.807) is 6.92 Å². The van der Waals surface area contributed by atoms with E-state index in [1.165, 1.54) is 18.2 Å². The van der Waals surface area contributed by atoms with Gasteiger partial charge < -0.3 is 16.4 Å². The van der Waals surface area contributed by atoms with E-state index in [4.69, 9.17) is 17.3 Å². The molecule has 0 aliphatic heterocycles. The second kappa shape index (κ2) is 6.92. The molecule has 0 aliphatic carbocycles. The van der Waals surface area contributed by atoms with Crippen LogP contribution in [0.25, 0.3) is 0 Å². The van der Waals surface area contributed by atoms with E-state index in [-0.39, 0.29) is 34.8 Å². The van der Waals surface area contributed by atoms with Crippen LogP contribution in [0.4, 0.5) is 17.2 Å². The molecular formula is C12H13ClN6O4. The first kappa shape index (κ1) is 16.5. The molecule has 0 spiro atoms. The number of hydrogen-bond acceptors (Lipinski definition) is 8. The molecule has 0 radical (unpaired) electrons. The lowest BCUT2D eigenvalue weighted by molar-refractivity contribution is -0.384. The Morgan fingerprint density at radius 3 is 2.83 bits per heavy atom. The minimum Gasteiger partial charge on any atom is -0.380 e. The van der Waals surface area contributed by atoms with Gasteiger partial charge in [0.25, 0.3) is 11.6 Å². The standard InChI is InChI=1S/C12H13ClN6O4/c1-6(5-15-12(20)10-11(14)18-23-17-10)16-9-3-2-7(19(21)22)4-8(9)13/h2-4,6,16H,5H2,1H3,(H2,14,18)(H,15,20)/t6-/m0/s1. The summed E-state index contributed by atoms with van der Waals surface area (Å²) in [6.45, 7) is 2.03. The highest BCUT2D eigenvalue weighted by molar-refractivity contribution is 6.33. The molecule has 0 fully saturated rings. The first-order chi connectivity index (χ1) is 10.9. The summed E-state index contributed by atoms with van der Waals surface area (Å²) < 4.78 is 4.34. The number of nitrogens with zero attached hydrogens (tertiary/aromatic N) is 3. The molecule has 2 rings (SSSR count). The molecule has 1 heterocycles. The van der Waals surface area contributed by atoms with Crippen LogP contribution in [0, 0.1) is 10.1 Å². The number of nitro groups is 1. The lowest BCUT2D eigenvalue weighted by Crippen LogP contribution is -2.35. The van der Waals surface area contributed by atoms with Crippen LogP contribution in [0.3, 0.4) is 0 Å². The van der Waals surface area contributed by atoms with Crippen LogP contribution in [0.15, 0.2) is 22.8 Å². The SMILES string of the molecule is C[C@@H](CNC(=O)c1nonc1N)Nc1ccc([N+](=O)[O-])cc1Cl. The number of nitrogens with one attached hydrogen (secondary N) is 2. The minimum absolute atomic E-state index is 0.0921. The summed E-state index contributed by atoms with van der Waals surface area (Å²) in [4.78, 5) is 21.9. The summed E-state index contributed by atoms with van der Waals surface area (Å²) in [6.07, 6.45) is 0. The molecule has 1 aromatic heterocycles. The lowest BCUT2D eigenvalue weighted by atomic mass is 10.2. The number of nitro benzene ring substituents is 1. The Hall–Kier alpha value is -2.88. The zero-order valence-corrected chi connectivity index (χ0v) is 12.7. The summed E-state index contributed by atoms with van der Waals surface area (Å²) in [6, 6.07) is 3.87. The first-order valence-corrected chi connectivity index (χ1v) is 6.83. The van der Waals surface area contributed by atoms with Crippen molar-refractivity contribution in [1.29, 1.82) is 0 Å². The van der Waals surface area contributed by atoms with Crippen molar-refractivity contribution in [3.05, 3.63) is 39.0 Å². The second-order valence-corrected chi connectivity index (χ2v) is 5.08. The molecule has 0 aliphatic rings. The van der Waals surface area contributed by atoms with Gasteiger partial charge in [0.2, 0.25) is 11.5 Å². The van der Waals surface area contributed by atoms with Gasteiger partial charge in [-0.2, -0.15) is 0 Å². The fraction of sp³-hybridized carbons (Fsp3) is 0.250. The normalized spacial score (nSPS) is 11.7. The van der Waals surface area contributed by atoms with Crippen molar-refractivity contribution < 1.29 is 14.3 Å². The molecule has 1 aromatic carbocycles. The molecule has 0 saturated heterocycles. The zero-order valence-electron chi connectivity index (χ0n) is 11.9. The van der Waals surface area contributed by atoms with Gasteiger partial charge in [-0.1, -0.05) is 11.6 Å². The Morgan fingerprint density at radius 1 is 1.52 bits per heavy atom. The fourth-order valence-corrected chi connectivity index (χ4v) is 1.96. The van der Waals surface area contributed by atoms with Crippen molar-refractivity contribution in [2.24, 2.45) is 0 Å². The lowest BCUT2D eigenvalue weighted by Gasteiger charge is -2.16. The van der Waals surface area contributed by atoms with Crippen molar-refractivity contribution >= 4 is 34.7 Å². The molecule has 4 N–H and O–H groups in total. The number of anilines is 2. The molecule has 122 valence electrons. The maximum Gasteiger partial charge on any atom is 0.277 e. The number of halogens is 1. The van der Waals surface area contributed by atoms with Crippen molar-refractivity contribution in [2.45, 2.75) is 13.0 Å². The average Bonchev–Trinajstić information content (AvgIpc) is 2.93. The number of benzene rings is 1. The predicted octanol–water partition coefficient (Wildman–Crippen LogP) is 1.44. The average molecular weight is 341 g/mol. The van der Waals surface area contributed by atoms with E-state index in [1.807, 2.05) is 0 Å². The quantitative estimate of drug-likeness (QED) is 0.528. The van der Waals surface area contributed by atoms with E-state index in [0.717, 1.165) is 0 Å². The number of rotatable bonds is 6. The monoisotopic (exact) mass is 340 g/mol. The van der Waals surface area contributed by atoms with E-state index in [9.17, 15) is 14.9 Å². The Labute approximate surface area is 135 Å². The van der Waals surface area contributed by atoms with Gasteiger partial charge in [-0.05, 0) is 23.3 Å². The molecule has 1 atom stereocenters. The first-order valence-electron chi connectivity index (χ1n) is 6.45. The van der Waals surface area contributed by atoms with Gasteiger partial charge in [-0.25, -0.2) is 4.63 Å². The van der Waals surface area contributed by atoms with Crippen LogP contribution in [0.2, 0.25) is 5.02 Å². The predicted molar refractivity (Wildman–Crippen MR) is 82.2 cm³/mol. The molecule has 23 heavy (non-hydrogen) atoms. The highest BCUT2D eigenvalue weighted by Gasteiger charge is 2.17. The molecule has 10 nitrogen and oxygen atoms in total. The fourth-order valence-electron chi connectivity index (χ4n) is 1.73. The number of nitrogen functional groups attached to an aromatic ring is 1. The van der Waals surface area contributed by atoms with Crippen LogP contribution in [-0.4, -0.2) is 33.7 Å². The summed E-state index contributed by atoms with van der Waals surface area (Å²) in [5, 5.41) is 23.2. The molecule has 2 aromatic rings. The number of non-ortho nitro benzene ring substituents is 1. The Bertz CT molecular complexity index is 734. The number of amides is 1. The van der Waals surface area contributed by atoms with Crippen LogP contribution >= 0.6 is 11.6 Å². The highest BCUT2D eigenvalue weighted by Crippen LogP contribution is 2.27. The van der Waals surface area contributed by atoms with Gasteiger partial charge in [-0.3, -0.25) is 14.9 Å². The van der Waals surface area contributed by atoms with Gasteiger partial charge in [0.05, 0.1) is 15.6 Å². The third kappa shape index (κ3) is 4.07. The number of hydrogen-bond donors (Lipinski definition) is 3. The Balaban J connectivity index is 1.92. The molecule has 1 amide bonds. The van der Waals surface area contributed by atoms with E-state index < -0.39 is 10.8 Å². The van der Waals surface area contributed by atoms with E-state index in [0.29, 0.717) is 5.69 Å². The third-order valence-electron chi connectivity index (χ3n) is 2.86. The molecule has 0 bridgehead atoms. The third-order valence-corrected chi connectivity index (χ3v) is 3.18. The van der Waals surface area contributed by atoms with Crippen LogP contribution < -0.4 is 16.4 Å². The molecule has 0 saturated carbocycles. The van der Waals surface area contributed by atoms with Crippen molar-refractivity contribution in [1.82, 2.24) is 15.6 Å². The number of aromatic nitrogens is 2. The smallest absolute Gasteiger partial charge is 0.277 e. The van der Waals surface area contributed by atoms with Gasteiger partial charge in [0, 0.05) is 24.7 Å². The Kier molecular flexibility index (Phi) is 4.96. The second-order valence-electron chi connectivity index (χ2n) is 4.67. The number of carbonyl (C=O) groups excluding carboxylic acids is 1. The highest BCUT2D eigenvalue weighted by atomic mass is 35.5. The van der Waals surface area contributed by atoms with E-state index >= 15 is 0 Å². The molecular weight excluding hydrogens is 328 g/mol. The number of nitrogens with two attached hydrogens (primary N) is 1. The molecule has 0 unspecified atom stereocenters. The van der Waals surface area contributed by atoms with Crippen LogP contribution in [-0.2, 0) is 0 Å². The van der Waals surface area contributed by atoms with Gasteiger partial charge in [-0.15, -0.1) is 0 Å². The summed E-state index contributed by atoms with van der Waals surface area (Å²) in [5.41, 5.74) is 5.74. The van der Waals surface area contributed by atoms with Crippen molar-refractivity contribution in [3.8, 4) is 0 Å². The summed E-state index contributed by atoms with van der Waals surface area (Å²) >= 11 is 5.98. The van der Waals surface area contributed by atoms with Crippen LogP contribution in [0.1, 0.15) is 17.4 Å². The zero-order chi connectivity index (χ0) is 17.0. The maximum absolute atomic E-state index is 11.8.